The number of para-hydroxylation sites is 2. The molecule has 2 amide bonds. The van der Waals surface area contributed by atoms with Crippen LogP contribution < -0.4 is 10.1 Å². The lowest BCUT2D eigenvalue weighted by atomic mass is 10.2. The van der Waals surface area contributed by atoms with E-state index in [0.29, 0.717) is 15.0 Å². The molecule has 6 nitrogen and oxygen atoms in total. The number of benzene rings is 2. The van der Waals surface area contributed by atoms with E-state index in [9.17, 15) is 14.7 Å². The minimum Gasteiger partial charge on any atom is -0.506 e. The van der Waals surface area contributed by atoms with Crippen molar-refractivity contribution in [3.8, 4) is 11.5 Å². The maximum Gasteiger partial charge on any atom is 0.266 e. The largest absolute Gasteiger partial charge is 0.506 e. The van der Waals surface area contributed by atoms with E-state index in [1.54, 1.807) is 37.5 Å². The molecular formula is C19H16N2O4S2. The van der Waals surface area contributed by atoms with Gasteiger partial charge in [-0.15, -0.1) is 0 Å². The van der Waals surface area contributed by atoms with Crippen LogP contribution in [0, 0.1) is 0 Å². The molecule has 2 aromatic carbocycles. The number of carbonyl (C=O) groups excluding carboxylic acids is 2. The Balaban J connectivity index is 1.71. The monoisotopic (exact) mass is 400 g/mol. The molecule has 138 valence electrons. The Labute approximate surface area is 165 Å². The third-order valence-electron chi connectivity index (χ3n) is 3.75. The lowest BCUT2D eigenvalue weighted by Crippen LogP contribution is -2.36. The second kappa shape index (κ2) is 8.24. The fourth-order valence-corrected chi connectivity index (χ4v) is 3.69. The molecule has 0 aromatic heterocycles. The van der Waals surface area contributed by atoms with Gasteiger partial charge in [0.1, 0.15) is 22.4 Å². The zero-order chi connectivity index (χ0) is 19.4. The van der Waals surface area contributed by atoms with Crippen LogP contribution >= 0.6 is 24.0 Å². The Morgan fingerprint density at radius 3 is 2.81 bits per heavy atom. The first-order chi connectivity index (χ1) is 13.0. The second-order valence-electron chi connectivity index (χ2n) is 5.61. The molecule has 1 aliphatic heterocycles. The number of thiocarbonyl (C=S) groups is 1. The number of aromatic hydroxyl groups is 1. The van der Waals surface area contributed by atoms with Gasteiger partial charge in [-0.05, 0) is 35.9 Å². The van der Waals surface area contributed by atoms with Gasteiger partial charge in [0.2, 0.25) is 5.91 Å². The highest BCUT2D eigenvalue weighted by atomic mass is 32.2. The Kier molecular flexibility index (Phi) is 5.78. The molecule has 8 heteroatoms. The molecule has 0 radical (unpaired) electrons. The minimum atomic E-state index is -0.449. The summed E-state index contributed by atoms with van der Waals surface area (Å²) in [5.74, 6) is -0.147. The third-order valence-corrected chi connectivity index (χ3v) is 5.12. The molecule has 3 rings (SSSR count). The smallest absolute Gasteiger partial charge is 0.266 e. The molecule has 0 spiro atoms. The number of phenolic OH excluding ortho intramolecular Hbond substituents is 1. The molecule has 2 N–H and O–H groups in total. The van der Waals surface area contributed by atoms with E-state index in [2.05, 4.69) is 5.32 Å². The Bertz CT molecular complexity index is 943. The van der Waals surface area contributed by atoms with E-state index < -0.39 is 5.91 Å². The number of hydrogen-bond acceptors (Lipinski definition) is 6. The zero-order valence-corrected chi connectivity index (χ0v) is 16.0. The van der Waals surface area contributed by atoms with E-state index in [4.69, 9.17) is 17.0 Å². The number of nitrogens with zero attached hydrogens (tertiary/aromatic N) is 1. The summed E-state index contributed by atoms with van der Waals surface area (Å²) >= 11 is 6.38. The van der Waals surface area contributed by atoms with Crippen molar-refractivity contribution in [1.82, 2.24) is 4.90 Å². The quantitative estimate of drug-likeness (QED) is 0.456. The van der Waals surface area contributed by atoms with Crippen molar-refractivity contribution in [3.05, 3.63) is 59.0 Å². The molecule has 1 aliphatic rings. The van der Waals surface area contributed by atoms with E-state index in [1.165, 1.54) is 11.0 Å². The van der Waals surface area contributed by atoms with E-state index >= 15 is 0 Å². The van der Waals surface area contributed by atoms with Gasteiger partial charge in [0.05, 0.1) is 17.7 Å². The highest BCUT2D eigenvalue weighted by Crippen LogP contribution is 2.33. The summed E-state index contributed by atoms with van der Waals surface area (Å²) in [7, 11) is 1.57. The number of amides is 2. The fourth-order valence-electron chi connectivity index (χ4n) is 2.43. The number of carbonyl (C=O) groups is 2. The number of nitrogens with one attached hydrogen (secondary N) is 1. The highest BCUT2D eigenvalue weighted by Gasteiger charge is 2.33. The van der Waals surface area contributed by atoms with Gasteiger partial charge in [0, 0.05) is 0 Å². The number of ether oxygens (including phenoxy) is 1. The SMILES string of the molecule is COc1cccc(/C=C2\SC(=S)N(CC(=O)Nc3ccccc3O)C2=O)c1. The molecule has 1 fully saturated rings. The van der Waals surface area contributed by atoms with Crippen LogP contribution in [0.25, 0.3) is 6.08 Å². The van der Waals surface area contributed by atoms with E-state index in [-0.39, 0.29) is 23.9 Å². The summed E-state index contributed by atoms with van der Waals surface area (Å²) in [4.78, 5) is 26.5. The number of rotatable bonds is 5. The molecular weight excluding hydrogens is 384 g/mol. The van der Waals surface area contributed by atoms with Gasteiger partial charge >= 0.3 is 0 Å². The summed E-state index contributed by atoms with van der Waals surface area (Å²) < 4.78 is 5.48. The van der Waals surface area contributed by atoms with Crippen LogP contribution in [0.2, 0.25) is 0 Å². The normalized spacial score (nSPS) is 15.3. The van der Waals surface area contributed by atoms with Crippen molar-refractivity contribution in [2.24, 2.45) is 0 Å². The van der Waals surface area contributed by atoms with Crippen molar-refractivity contribution in [2.45, 2.75) is 0 Å². The Morgan fingerprint density at radius 2 is 2.07 bits per heavy atom. The predicted molar refractivity (Wildman–Crippen MR) is 110 cm³/mol. The van der Waals surface area contributed by atoms with Crippen LogP contribution in [-0.4, -0.2) is 39.8 Å². The third kappa shape index (κ3) is 4.47. The van der Waals surface area contributed by atoms with Gasteiger partial charge < -0.3 is 15.2 Å². The van der Waals surface area contributed by atoms with Crippen LogP contribution in [0.1, 0.15) is 5.56 Å². The summed E-state index contributed by atoms with van der Waals surface area (Å²) in [6.07, 6.45) is 1.71. The average Bonchev–Trinajstić information content (AvgIpc) is 2.91. The van der Waals surface area contributed by atoms with Crippen molar-refractivity contribution < 1.29 is 19.4 Å². The summed E-state index contributed by atoms with van der Waals surface area (Å²) in [6.45, 7) is -0.228. The summed E-state index contributed by atoms with van der Waals surface area (Å²) in [5.41, 5.74) is 1.08. The molecule has 1 saturated heterocycles. The second-order valence-corrected chi connectivity index (χ2v) is 7.29. The van der Waals surface area contributed by atoms with Crippen molar-refractivity contribution in [1.29, 1.82) is 0 Å². The topological polar surface area (TPSA) is 78.9 Å². The van der Waals surface area contributed by atoms with Gasteiger partial charge in [-0.2, -0.15) is 0 Å². The number of hydrogen-bond donors (Lipinski definition) is 2. The molecule has 0 atom stereocenters. The molecule has 2 aromatic rings. The summed E-state index contributed by atoms with van der Waals surface area (Å²) in [6, 6.07) is 13.7. The van der Waals surface area contributed by atoms with Gasteiger partial charge in [0.25, 0.3) is 5.91 Å². The van der Waals surface area contributed by atoms with Crippen LogP contribution in [0.15, 0.2) is 53.4 Å². The molecule has 0 bridgehead atoms. The Morgan fingerprint density at radius 1 is 1.30 bits per heavy atom. The molecule has 1 heterocycles. The maximum atomic E-state index is 12.6. The maximum absolute atomic E-state index is 12.6. The number of phenols is 1. The molecule has 0 aliphatic carbocycles. The first kappa shape index (κ1) is 18.9. The van der Waals surface area contributed by atoms with Crippen LogP contribution in [0.3, 0.4) is 0 Å². The van der Waals surface area contributed by atoms with E-state index in [1.807, 2.05) is 18.2 Å². The number of anilines is 1. The fraction of sp³-hybridized carbons (Fsp3) is 0.105. The standard InChI is InChI=1S/C19H16N2O4S2/c1-25-13-6-4-5-12(9-13)10-16-18(24)21(19(26)27-16)11-17(23)20-14-7-2-3-8-15(14)22/h2-10,22H,11H2,1H3,(H,20,23)/b16-10-. The van der Waals surface area contributed by atoms with Gasteiger partial charge in [-0.1, -0.05) is 48.2 Å². The van der Waals surface area contributed by atoms with Crippen LogP contribution in [0.5, 0.6) is 11.5 Å². The Hall–Kier alpha value is -2.84. The van der Waals surface area contributed by atoms with Crippen LogP contribution in [0.4, 0.5) is 5.69 Å². The summed E-state index contributed by atoms with van der Waals surface area (Å²) in [5, 5.41) is 12.3. The first-order valence-electron chi connectivity index (χ1n) is 7.95. The van der Waals surface area contributed by atoms with Crippen LogP contribution in [-0.2, 0) is 9.59 Å². The minimum absolute atomic E-state index is 0.0471. The van der Waals surface area contributed by atoms with E-state index in [0.717, 1.165) is 17.3 Å². The lowest BCUT2D eigenvalue weighted by molar-refractivity contribution is -0.126. The highest BCUT2D eigenvalue weighted by molar-refractivity contribution is 8.26. The van der Waals surface area contributed by atoms with Crippen molar-refractivity contribution >= 4 is 51.9 Å². The molecule has 0 saturated carbocycles. The molecule has 0 unspecified atom stereocenters. The first-order valence-corrected chi connectivity index (χ1v) is 9.17. The zero-order valence-electron chi connectivity index (χ0n) is 14.3. The average molecular weight is 400 g/mol. The van der Waals surface area contributed by atoms with Gasteiger partial charge in [-0.25, -0.2) is 0 Å². The van der Waals surface area contributed by atoms with Crippen molar-refractivity contribution in [3.63, 3.8) is 0 Å². The van der Waals surface area contributed by atoms with Gasteiger partial charge in [-0.3, -0.25) is 14.5 Å². The molecule has 27 heavy (non-hydrogen) atoms. The van der Waals surface area contributed by atoms with Crippen molar-refractivity contribution in [2.75, 3.05) is 19.0 Å². The number of methoxy groups -OCH3 is 1. The lowest BCUT2D eigenvalue weighted by Gasteiger charge is -2.14. The van der Waals surface area contributed by atoms with Gasteiger partial charge in [0.15, 0.2) is 0 Å². The predicted octanol–water partition coefficient (Wildman–Crippen LogP) is 3.24. The number of thioether (sulfide) groups is 1.